The maximum absolute atomic E-state index is 13.5. The predicted molar refractivity (Wildman–Crippen MR) is 37.7 cm³/mol. The fourth-order valence-electron chi connectivity index (χ4n) is 0.750. The van der Waals surface area contributed by atoms with Gasteiger partial charge in [0, 0.05) is 9.05 Å². The molecule has 0 rings (SSSR count). The van der Waals surface area contributed by atoms with Crippen LogP contribution in [0.25, 0.3) is 0 Å². The monoisotopic (exact) mass is 212 g/mol. The minimum atomic E-state index is -3.11. The molecule has 0 bridgehead atoms. The molecule has 80 valence electrons. The van der Waals surface area contributed by atoms with Crippen molar-refractivity contribution in [3.63, 3.8) is 0 Å². The van der Waals surface area contributed by atoms with Crippen LogP contribution >= 0.6 is 0 Å². The van der Waals surface area contributed by atoms with E-state index in [2.05, 4.69) is 16.5 Å². The maximum Gasteiger partial charge on any atom is 0.390 e. The predicted octanol–water partition coefficient (Wildman–Crippen LogP) is 1.52. The van der Waals surface area contributed by atoms with Gasteiger partial charge in [0.2, 0.25) is 5.67 Å². The van der Waals surface area contributed by atoms with Gasteiger partial charge in [-0.3, -0.25) is 4.94 Å². The number of carbonyl (C=O) groups is 2. The van der Waals surface area contributed by atoms with Gasteiger partial charge in [0.15, 0.2) is 0 Å². The fourth-order valence-corrected chi connectivity index (χ4v) is 0.750. The lowest BCUT2D eigenvalue weighted by molar-refractivity contribution is -0.199. The Balaban J connectivity index is 4.95. The molecule has 0 saturated heterocycles. The van der Waals surface area contributed by atoms with E-state index in [1.54, 1.807) is 0 Å². The Morgan fingerprint density at radius 1 is 1.36 bits per heavy atom. The molecule has 0 heterocycles. The van der Waals surface area contributed by atoms with Crippen LogP contribution in [0.2, 0.25) is 0 Å². The molecule has 1 unspecified atom stereocenters. The Labute approximate surface area is 77.1 Å². The van der Waals surface area contributed by atoms with E-state index in [0.29, 0.717) is 0 Å². The molecule has 0 aromatic rings. The molecule has 0 fully saturated rings. The summed E-state index contributed by atoms with van der Waals surface area (Å²) >= 11 is 0. The van der Waals surface area contributed by atoms with Gasteiger partial charge in [-0.15, -0.1) is 0 Å². The largest absolute Gasteiger partial charge is 0.390 e. The summed E-state index contributed by atoms with van der Waals surface area (Å²) in [6.07, 6.45) is -0.635. The van der Waals surface area contributed by atoms with Crippen molar-refractivity contribution < 1.29 is 32.9 Å². The molecule has 0 amide bonds. The molecule has 0 aliphatic heterocycles. The van der Waals surface area contributed by atoms with Gasteiger partial charge in [-0.05, 0) is 6.42 Å². The van der Waals surface area contributed by atoms with Crippen molar-refractivity contribution in [2.24, 2.45) is 0 Å². The molecule has 0 saturated carbocycles. The zero-order chi connectivity index (χ0) is 11.4. The first-order chi connectivity index (χ1) is 6.43. The molecule has 7 heteroatoms. The number of carbonyl (C=O) groups excluding carboxylic acids is 2. The Bertz CT molecular complexity index is 266. The second-order valence-corrected chi connectivity index (χ2v) is 2.36. The van der Waals surface area contributed by atoms with Crippen LogP contribution in [-0.4, -0.2) is 17.6 Å². The van der Waals surface area contributed by atoms with Crippen molar-refractivity contribution in [2.75, 3.05) is 0 Å². The van der Waals surface area contributed by atoms with Crippen LogP contribution in [0.15, 0.2) is 12.2 Å². The van der Waals surface area contributed by atoms with E-state index in [9.17, 15) is 23.0 Å². The van der Waals surface area contributed by atoms with E-state index in [0.717, 1.165) is 6.92 Å². The van der Waals surface area contributed by atoms with Crippen molar-refractivity contribution in [3.05, 3.63) is 12.2 Å². The average molecular weight is 212 g/mol. The molecule has 4 nitrogen and oxygen atoms in total. The Morgan fingerprint density at radius 2 is 1.86 bits per heavy atom. The summed E-state index contributed by atoms with van der Waals surface area (Å²) in [4.78, 5) is 26.3. The lowest BCUT2D eigenvalue weighted by Gasteiger charge is -2.18. The number of alkyl halides is 1. The van der Waals surface area contributed by atoms with E-state index in [1.807, 2.05) is 0 Å². The first-order valence-electron chi connectivity index (χ1n) is 3.48. The highest BCUT2D eigenvalue weighted by Gasteiger charge is 2.46. The summed E-state index contributed by atoms with van der Waals surface area (Å²) in [5.41, 5.74) is -4.28. The molecule has 0 radical (unpaired) electrons. The SMILES string of the molecule is C=C(C(=O)OF)C(F)(CC)C(=O)OF. The highest BCUT2D eigenvalue weighted by atomic mass is 19.3. The highest BCUT2D eigenvalue weighted by molar-refractivity contribution is 5.99. The number of halogens is 3. The van der Waals surface area contributed by atoms with Crippen molar-refractivity contribution in [1.82, 2.24) is 0 Å². The number of hydrogen-bond acceptors (Lipinski definition) is 4. The van der Waals surface area contributed by atoms with Crippen LogP contribution in [0.3, 0.4) is 0 Å². The second kappa shape index (κ2) is 4.64. The molecule has 0 aromatic carbocycles. The summed E-state index contributed by atoms with van der Waals surface area (Å²) in [5.74, 6) is -3.77. The Kier molecular flexibility index (Phi) is 4.13. The van der Waals surface area contributed by atoms with E-state index >= 15 is 0 Å². The van der Waals surface area contributed by atoms with Crippen LogP contribution in [0.5, 0.6) is 0 Å². The minimum absolute atomic E-state index is 0.635. The van der Waals surface area contributed by atoms with E-state index in [4.69, 9.17) is 0 Å². The number of rotatable bonds is 4. The van der Waals surface area contributed by atoms with Gasteiger partial charge in [-0.1, -0.05) is 13.5 Å². The summed E-state index contributed by atoms with van der Waals surface area (Å²) in [7, 11) is 0. The first-order valence-corrected chi connectivity index (χ1v) is 3.48. The third kappa shape index (κ3) is 2.04. The second-order valence-electron chi connectivity index (χ2n) is 2.36. The quantitative estimate of drug-likeness (QED) is 0.663. The summed E-state index contributed by atoms with van der Waals surface area (Å²) < 4.78 is 36.2. The molecular formula is C7H7F3O4. The van der Waals surface area contributed by atoms with Crippen LogP contribution in [0.4, 0.5) is 13.4 Å². The normalized spacial score (nSPS) is 14.0. The van der Waals surface area contributed by atoms with Gasteiger partial charge in [0.05, 0.1) is 5.57 Å². The molecule has 14 heavy (non-hydrogen) atoms. The fraction of sp³-hybridized carbons (Fsp3) is 0.429. The van der Waals surface area contributed by atoms with Gasteiger partial charge >= 0.3 is 11.9 Å². The van der Waals surface area contributed by atoms with Crippen LogP contribution < -0.4 is 0 Å². The lowest BCUT2D eigenvalue weighted by Crippen LogP contribution is -2.38. The van der Waals surface area contributed by atoms with Crippen LogP contribution in [-0.2, 0) is 19.5 Å². The molecule has 0 N–H and O–H groups in total. The molecule has 1 atom stereocenters. The topological polar surface area (TPSA) is 52.6 Å². The Hall–Kier alpha value is -1.53. The van der Waals surface area contributed by atoms with Crippen molar-refractivity contribution in [3.8, 4) is 0 Å². The number of hydrogen-bond donors (Lipinski definition) is 0. The van der Waals surface area contributed by atoms with E-state index in [-0.39, 0.29) is 0 Å². The molecule has 0 aliphatic carbocycles. The molecule has 0 aromatic heterocycles. The summed E-state index contributed by atoms with van der Waals surface area (Å²) in [5, 5.41) is 0. The average Bonchev–Trinajstić information content (AvgIpc) is 2.24. The lowest BCUT2D eigenvalue weighted by atomic mass is 9.94. The van der Waals surface area contributed by atoms with E-state index in [1.165, 1.54) is 0 Å². The van der Waals surface area contributed by atoms with E-state index < -0.39 is 29.6 Å². The zero-order valence-electron chi connectivity index (χ0n) is 7.18. The molecular weight excluding hydrogens is 205 g/mol. The summed E-state index contributed by atoms with van der Waals surface area (Å²) in [6, 6.07) is 0. The van der Waals surface area contributed by atoms with Gasteiger partial charge in [0.1, 0.15) is 0 Å². The summed E-state index contributed by atoms with van der Waals surface area (Å²) in [6.45, 7) is 3.90. The van der Waals surface area contributed by atoms with Gasteiger partial charge in [-0.25, -0.2) is 18.9 Å². The van der Waals surface area contributed by atoms with Crippen LogP contribution in [0, 0.1) is 0 Å². The standard InChI is InChI=1S/C7H7F3O4/c1-3-7(8,6(12)14-10)4(2)5(11)13-9/h2-3H2,1H3. The third-order valence-corrected chi connectivity index (χ3v) is 1.68. The van der Waals surface area contributed by atoms with Gasteiger partial charge in [0.25, 0.3) is 0 Å². The van der Waals surface area contributed by atoms with Crippen molar-refractivity contribution in [1.29, 1.82) is 0 Å². The first kappa shape index (κ1) is 12.5. The molecule has 0 spiro atoms. The Morgan fingerprint density at radius 3 is 2.14 bits per heavy atom. The van der Waals surface area contributed by atoms with Crippen molar-refractivity contribution >= 4 is 11.9 Å². The van der Waals surface area contributed by atoms with Crippen LogP contribution in [0.1, 0.15) is 13.3 Å². The zero-order valence-corrected chi connectivity index (χ0v) is 7.18. The minimum Gasteiger partial charge on any atom is -0.251 e. The molecule has 0 aliphatic rings. The smallest absolute Gasteiger partial charge is 0.251 e. The third-order valence-electron chi connectivity index (χ3n) is 1.68. The van der Waals surface area contributed by atoms with Gasteiger partial charge < -0.3 is 0 Å². The van der Waals surface area contributed by atoms with Crippen molar-refractivity contribution in [2.45, 2.75) is 19.0 Å². The highest BCUT2D eigenvalue weighted by Crippen LogP contribution is 2.27. The maximum atomic E-state index is 13.5. The van der Waals surface area contributed by atoms with Gasteiger partial charge in [-0.2, -0.15) is 0 Å².